The number of rotatable bonds is 5. The average Bonchev–Trinajstić information content (AvgIpc) is 2.53. The van der Waals surface area contributed by atoms with Gasteiger partial charge in [0, 0.05) is 26.7 Å². The standard InChI is InChI=1S/C17H26N2O3/c1-19(2)17(21)22-15-10-6-7-13(11-15)16(20)12-18-14-8-4-3-5-9-14/h6-7,10-11,14,16,18,20H,3-5,8-9,12H2,1-2H3. The predicted octanol–water partition coefficient (Wildman–Crippen LogP) is 2.70. The zero-order valence-electron chi connectivity index (χ0n) is 13.4. The number of aliphatic hydroxyl groups is 1. The van der Waals surface area contributed by atoms with Gasteiger partial charge in [-0.2, -0.15) is 0 Å². The predicted molar refractivity (Wildman–Crippen MR) is 86.0 cm³/mol. The number of ether oxygens (including phenoxy) is 1. The Hall–Kier alpha value is -1.59. The molecule has 1 atom stereocenters. The molecule has 0 saturated heterocycles. The number of nitrogens with zero attached hydrogens (tertiary/aromatic N) is 1. The molecule has 0 heterocycles. The van der Waals surface area contributed by atoms with Crippen molar-refractivity contribution in [1.29, 1.82) is 0 Å². The van der Waals surface area contributed by atoms with Gasteiger partial charge in [-0.1, -0.05) is 31.4 Å². The minimum atomic E-state index is -0.597. The molecule has 1 saturated carbocycles. The third-order valence-electron chi connectivity index (χ3n) is 4.02. The molecule has 1 aromatic rings. The van der Waals surface area contributed by atoms with Crippen LogP contribution in [0.3, 0.4) is 0 Å². The summed E-state index contributed by atoms with van der Waals surface area (Å²) in [5.41, 5.74) is 0.757. The lowest BCUT2D eigenvalue weighted by Gasteiger charge is -2.24. The molecule has 0 aliphatic heterocycles. The zero-order chi connectivity index (χ0) is 15.9. The Kier molecular flexibility index (Phi) is 6.21. The molecule has 1 amide bonds. The van der Waals surface area contributed by atoms with Gasteiger partial charge < -0.3 is 20.1 Å². The van der Waals surface area contributed by atoms with E-state index in [0.717, 1.165) is 5.56 Å². The van der Waals surface area contributed by atoms with E-state index >= 15 is 0 Å². The second kappa shape index (κ2) is 8.15. The van der Waals surface area contributed by atoms with Gasteiger partial charge in [-0.3, -0.25) is 0 Å². The second-order valence-corrected chi connectivity index (χ2v) is 6.09. The lowest BCUT2D eigenvalue weighted by atomic mass is 9.95. The maximum absolute atomic E-state index is 11.6. The van der Waals surface area contributed by atoms with Gasteiger partial charge in [0.25, 0.3) is 0 Å². The number of aliphatic hydroxyl groups excluding tert-OH is 1. The van der Waals surface area contributed by atoms with Crippen LogP contribution in [0.1, 0.15) is 43.8 Å². The van der Waals surface area contributed by atoms with E-state index in [-0.39, 0.29) is 0 Å². The fraction of sp³-hybridized carbons (Fsp3) is 0.588. The summed E-state index contributed by atoms with van der Waals surface area (Å²) in [5, 5.41) is 13.7. The molecule has 1 fully saturated rings. The molecule has 1 aliphatic carbocycles. The maximum Gasteiger partial charge on any atom is 0.414 e. The quantitative estimate of drug-likeness (QED) is 0.878. The van der Waals surface area contributed by atoms with Crippen molar-refractivity contribution < 1.29 is 14.6 Å². The number of nitrogens with one attached hydrogen (secondary N) is 1. The molecule has 22 heavy (non-hydrogen) atoms. The van der Waals surface area contributed by atoms with E-state index in [2.05, 4.69) is 5.32 Å². The number of hydrogen-bond donors (Lipinski definition) is 2. The normalized spacial score (nSPS) is 17.0. The largest absolute Gasteiger partial charge is 0.414 e. The van der Waals surface area contributed by atoms with E-state index in [9.17, 15) is 9.90 Å². The van der Waals surface area contributed by atoms with Gasteiger partial charge in [0.05, 0.1) is 6.10 Å². The van der Waals surface area contributed by atoms with Crippen molar-refractivity contribution >= 4 is 6.09 Å². The molecule has 1 aromatic carbocycles. The van der Waals surface area contributed by atoms with E-state index in [1.54, 1.807) is 32.3 Å². The summed E-state index contributed by atoms with van der Waals surface area (Å²) in [4.78, 5) is 12.9. The molecule has 2 rings (SSSR count). The highest BCUT2D eigenvalue weighted by Gasteiger charge is 2.16. The Labute approximate surface area is 132 Å². The smallest absolute Gasteiger partial charge is 0.410 e. The molecule has 5 nitrogen and oxygen atoms in total. The molecule has 1 aliphatic rings. The van der Waals surface area contributed by atoms with E-state index < -0.39 is 12.2 Å². The Balaban J connectivity index is 1.88. The highest BCUT2D eigenvalue weighted by atomic mass is 16.6. The van der Waals surface area contributed by atoms with Crippen LogP contribution >= 0.6 is 0 Å². The Morgan fingerprint density at radius 3 is 2.77 bits per heavy atom. The van der Waals surface area contributed by atoms with Crippen LogP contribution in [0.5, 0.6) is 5.75 Å². The highest BCUT2D eigenvalue weighted by molar-refractivity contribution is 5.70. The van der Waals surface area contributed by atoms with E-state index in [1.807, 2.05) is 6.07 Å². The fourth-order valence-corrected chi connectivity index (χ4v) is 2.68. The van der Waals surface area contributed by atoms with Crippen LogP contribution in [0.2, 0.25) is 0 Å². The van der Waals surface area contributed by atoms with Gasteiger partial charge in [-0.05, 0) is 30.5 Å². The third-order valence-corrected chi connectivity index (χ3v) is 4.02. The first-order valence-corrected chi connectivity index (χ1v) is 7.97. The summed E-state index contributed by atoms with van der Waals surface area (Å²) in [6, 6.07) is 7.58. The van der Waals surface area contributed by atoms with Crippen molar-refractivity contribution in [2.24, 2.45) is 0 Å². The molecular formula is C17H26N2O3. The molecule has 122 valence electrons. The minimum Gasteiger partial charge on any atom is -0.410 e. The van der Waals surface area contributed by atoms with Crippen LogP contribution in [0.15, 0.2) is 24.3 Å². The van der Waals surface area contributed by atoms with Gasteiger partial charge >= 0.3 is 6.09 Å². The third kappa shape index (κ3) is 5.00. The monoisotopic (exact) mass is 306 g/mol. The molecule has 2 N–H and O–H groups in total. The van der Waals surface area contributed by atoms with Crippen LogP contribution < -0.4 is 10.1 Å². The lowest BCUT2D eigenvalue weighted by Crippen LogP contribution is -2.34. The van der Waals surface area contributed by atoms with Crippen molar-refractivity contribution in [1.82, 2.24) is 10.2 Å². The molecule has 0 spiro atoms. The average molecular weight is 306 g/mol. The summed E-state index contributed by atoms with van der Waals surface area (Å²) in [6.45, 7) is 0.524. The summed E-state index contributed by atoms with van der Waals surface area (Å²) in [6.07, 6.45) is 5.21. The Bertz CT molecular complexity index is 485. The SMILES string of the molecule is CN(C)C(=O)Oc1cccc(C(O)CNC2CCCCC2)c1. The van der Waals surface area contributed by atoms with Crippen molar-refractivity contribution in [2.75, 3.05) is 20.6 Å². The van der Waals surface area contributed by atoms with Crippen molar-refractivity contribution in [3.63, 3.8) is 0 Å². The molecule has 0 radical (unpaired) electrons. The van der Waals surface area contributed by atoms with Crippen molar-refractivity contribution in [2.45, 2.75) is 44.2 Å². The zero-order valence-corrected chi connectivity index (χ0v) is 13.4. The van der Waals surface area contributed by atoms with Gasteiger partial charge in [-0.15, -0.1) is 0 Å². The number of amides is 1. The highest BCUT2D eigenvalue weighted by Crippen LogP contribution is 2.21. The van der Waals surface area contributed by atoms with Gasteiger partial charge in [0.2, 0.25) is 0 Å². The topological polar surface area (TPSA) is 61.8 Å². The van der Waals surface area contributed by atoms with Gasteiger partial charge in [0.15, 0.2) is 0 Å². The summed E-state index contributed by atoms with van der Waals surface area (Å²) in [7, 11) is 3.27. The van der Waals surface area contributed by atoms with E-state index in [0.29, 0.717) is 18.3 Å². The number of carbonyl (C=O) groups excluding carboxylic acids is 1. The van der Waals surface area contributed by atoms with Crippen molar-refractivity contribution in [3.05, 3.63) is 29.8 Å². The molecule has 0 aromatic heterocycles. The summed E-state index contributed by atoms with van der Waals surface area (Å²) >= 11 is 0. The fourth-order valence-electron chi connectivity index (χ4n) is 2.68. The Morgan fingerprint density at radius 2 is 2.09 bits per heavy atom. The maximum atomic E-state index is 11.6. The van der Waals surface area contributed by atoms with Crippen LogP contribution in [-0.4, -0.2) is 42.8 Å². The van der Waals surface area contributed by atoms with Crippen LogP contribution in [-0.2, 0) is 0 Å². The van der Waals surface area contributed by atoms with Gasteiger partial charge in [0.1, 0.15) is 5.75 Å². The Morgan fingerprint density at radius 1 is 1.36 bits per heavy atom. The summed E-state index contributed by atoms with van der Waals surface area (Å²) < 4.78 is 5.22. The molecule has 0 bridgehead atoms. The van der Waals surface area contributed by atoms with E-state index in [4.69, 9.17) is 4.74 Å². The lowest BCUT2D eigenvalue weighted by molar-refractivity contribution is 0.163. The molecule has 5 heteroatoms. The number of benzene rings is 1. The number of hydrogen-bond acceptors (Lipinski definition) is 4. The van der Waals surface area contributed by atoms with Crippen LogP contribution in [0.25, 0.3) is 0 Å². The summed E-state index contributed by atoms with van der Waals surface area (Å²) in [5.74, 6) is 0.452. The van der Waals surface area contributed by atoms with Crippen molar-refractivity contribution in [3.8, 4) is 5.75 Å². The first-order valence-electron chi connectivity index (χ1n) is 7.97. The first kappa shape index (κ1) is 16.8. The van der Waals surface area contributed by atoms with Gasteiger partial charge in [-0.25, -0.2) is 4.79 Å². The molecular weight excluding hydrogens is 280 g/mol. The molecule has 1 unspecified atom stereocenters. The second-order valence-electron chi connectivity index (χ2n) is 6.09. The van der Waals surface area contributed by atoms with E-state index in [1.165, 1.54) is 37.0 Å². The first-order chi connectivity index (χ1) is 10.6. The number of carbonyl (C=O) groups is 1. The van der Waals surface area contributed by atoms with Crippen LogP contribution in [0, 0.1) is 0 Å². The van der Waals surface area contributed by atoms with Crippen LogP contribution in [0.4, 0.5) is 4.79 Å². The minimum absolute atomic E-state index is 0.424.